The van der Waals surface area contributed by atoms with Gasteiger partial charge in [-0.05, 0) is 37.5 Å². The molecule has 0 radical (unpaired) electrons. The van der Waals surface area contributed by atoms with Crippen LogP contribution in [0.25, 0.3) is 0 Å². The number of rotatable bonds is 3. The number of carboxylic acid groups (broad SMARTS) is 1. The summed E-state index contributed by atoms with van der Waals surface area (Å²) in [5.74, 6) is 0.977. The summed E-state index contributed by atoms with van der Waals surface area (Å²) in [5, 5.41) is 12.2. The van der Waals surface area contributed by atoms with Gasteiger partial charge in [-0.3, -0.25) is 4.79 Å². The first-order valence-corrected chi connectivity index (χ1v) is 6.69. The number of hydrogen-bond acceptors (Lipinski definition) is 2. The van der Waals surface area contributed by atoms with Gasteiger partial charge in [-0.2, -0.15) is 0 Å². The fraction of sp³-hybridized carbons (Fsp3) is 0.923. The van der Waals surface area contributed by atoms with Crippen LogP contribution in [0.2, 0.25) is 0 Å². The normalized spacial score (nSPS) is 39.8. The molecule has 1 aliphatic heterocycles. The Balaban J connectivity index is 1.80. The quantitative estimate of drug-likeness (QED) is 0.775. The maximum Gasteiger partial charge on any atom is 0.320 e. The monoisotopic (exact) mass is 225 g/mol. The van der Waals surface area contributed by atoms with Gasteiger partial charge in [-0.15, -0.1) is 0 Å². The van der Waals surface area contributed by atoms with Crippen LogP contribution in [0.4, 0.5) is 0 Å². The molecule has 0 aromatic carbocycles. The van der Waals surface area contributed by atoms with Gasteiger partial charge < -0.3 is 10.4 Å². The van der Waals surface area contributed by atoms with Gasteiger partial charge in [0.15, 0.2) is 0 Å². The van der Waals surface area contributed by atoms with E-state index in [1.54, 1.807) is 0 Å². The number of hydrogen-bond donors (Lipinski definition) is 2. The number of carbonyl (C=O) groups is 1. The Hall–Kier alpha value is -0.570. The molecular formula is C13H23NO2. The van der Waals surface area contributed by atoms with Gasteiger partial charge in [-0.1, -0.05) is 26.2 Å². The zero-order valence-corrected chi connectivity index (χ0v) is 10.1. The van der Waals surface area contributed by atoms with E-state index >= 15 is 0 Å². The summed E-state index contributed by atoms with van der Waals surface area (Å²) in [6.07, 6.45) is 8.45. The molecule has 2 aliphatic rings. The molecule has 3 heteroatoms. The molecule has 3 nitrogen and oxygen atoms in total. The Morgan fingerprint density at radius 1 is 1.19 bits per heavy atom. The minimum absolute atomic E-state index is 0.283. The lowest BCUT2D eigenvalue weighted by Crippen LogP contribution is -2.40. The van der Waals surface area contributed by atoms with Gasteiger partial charge in [-0.25, -0.2) is 0 Å². The highest BCUT2D eigenvalue weighted by molar-refractivity contribution is 5.73. The van der Waals surface area contributed by atoms with E-state index in [2.05, 4.69) is 12.2 Å². The third kappa shape index (κ3) is 2.57. The maximum atomic E-state index is 10.9. The van der Waals surface area contributed by atoms with Gasteiger partial charge in [0.05, 0.1) is 0 Å². The van der Waals surface area contributed by atoms with Crippen molar-refractivity contribution in [2.24, 2.45) is 11.8 Å². The lowest BCUT2D eigenvalue weighted by atomic mass is 9.77. The first-order chi connectivity index (χ1) is 7.70. The van der Waals surface area contributed by atoms with Crippen molar-refractivity contribution in [1.29, 1.82) is 0 Å². The molecule has 0 amide bonds. The van der Waals surface area contributed by atoms with Crippen molar-refractivity contribution in [3.63, 3.8) is 0 Å². The lowest BCUT2D eigenvalue weighted by Gasteiger charge is -2.32. The Bertz CT molecular complexity index is 246. The Labute approximate surface area is 97.6 Å². The third-order valence-electron chi connectivity index (χ3n) is 4.52. The molecular weight excluding hydrogens is 202 g/mol. The molecule has 2 atom stereocenters. The van der Waals surface area contributed by atoms with Crippen LogP contribution in [0, 0.1) is 11.8 Å². The molecule has 2 unspecified atom stereocenters. The standard InChI is InChI=1S/C13H23NO2/c1-2-9-3-5-10(6-4-9)11-7-8-12(14-11)13(15)16/h9-12,14H,2-8H2,1H3,(H,15,16). The van der Waals surface area contributed by atoms with Crippen molar-refractivity contribution in [3.05, 3.63) is 0 Å². The predicted molar refractivity (Wildman–Crippen MR) is 63.3 cm³/mol. The summed E-state index contributed by atoms with van der Waals surface area (Å²) in [6.45, 7) is 2.28. The van der Waals surface area contributed by atoms with E-state index in [1.807, 2.05) is 0 Å². The smallest absolute Gasteiger partial charge is 0.320 e. The van der Waals surface area contributed by atoms with E-state index < -0.39 is 5.97 Å². The summed E-state index contributed by atoms with van der Waals surface area (Å²) in [5.41, 5.74) is 0. The molecule has 2 rings (SSSR count). The second kappa shape index (κ2) is 5.17. The second-order valence-electron chi connectivity index (χ2n) is 5.43. The zero-order valence-electron chi connectivity index (χ0n) is 10.1. The highest BCUT2D eigenvalue weighted by atomic mass is 16.4. The van der Waals surface area contributed by atoms with Crippen molar-refractivity contribution in [2.45, 2.75) is 64.0 Å². The van der Waals surface area contributed by atoms with E-state index in [9.17, 15) is 4.79 Å². The van der Waals surface area contributed by atoms with Gasteiger partial charge in [0, 0.05) is 6.04 Å². The molecule has 92 valence electrons. The van der Waals surface area contributed by atoms with E-state index in [0.717, 1.165) is 24.7 Å². The van der Waals surface area contributed by atoms with E-state index in [1.165, 1.54) is 32.1 Å². The molecule has 1 saturated heterocycles. The molecule has 2 N–H and O–H groups in total. The van der Waals surface area contributed by atoms with Crippen molar-refractivity contribution in [1.82, 2.24) is 5.32 Å². The van der Waals surface area contributed by atoms with Crippen LogP contribution in [0.3, 0.4) is 0 Å². The highest BCUT2D eigenvalue weighted by Crippen LogP contribution is 2.35. The third-order valence-corrected chi connectivity index (χ3v) is 4.52. The molecule has 1 heterocycles. The summed E-state index contributed by atoms with van der Waals surface area (Å²) in [4.78, 5) is 10.9. The van der Waals surface area contributed by atoms with Crippen molar-refractivity contribution < 1.29 is 9.90 Å². The SMILES string of the molecule is CCC1CCC(C2CCC(C(=O)O)N2)CC1. The van der Waals surface area contributed by atoms with Gasteiger partial charge in [0.2, 0.25) is 0 Å². The molecule has 1 aliphatic carbocycles. The van der Waals surface area contributed by atoms with Gasteiger partial charge in [0.1, 0.15) is 6.04 Å². The minimum Gasteiger partial charge on any atom is -0.480 e. The van der Waals surface area contributed by atoms with Crippen LogP contribution >= 0.6 is 0 Å². The van der Waals surface area contributed by atoms with E-state index in [-0.39, 0.29) is 6.04 Å². The molecule has 2 fully saturated rings. The van der Waals surface area contributed by atoms with Crippen molar-refractivity contribution >= 4 is 5.97 Å². The topological polar surface area (TPSA) is 49.3 Å². The fourth-order valence-corrected chi connectivity index (χ4v) is 3.34. The number of nitrogens with one attached hydrogen (secondary N) is 1. The molecule has 0 aromatic rings. The molecule has 0 bridgehead atoms. The zero-order chi connectivity index (χ0) is 11.5. The van der Waals surface area contributed by atoms with Crippen LogP contribution in [0.5, 0.6) is 0 Å². The Morgan fingerprint density at radius 3 is 2.38 bits per heavy atom. The Kier molecular flexibility index (Phi) is 3.85. The van der Waals surface area contributed by atoms with Crippen LogP contribution in [-0.4, -0.2) is 23.2 Å². The minimum atomic E-state index is -0.676. The average molecular weight is 225 g/mol. The van der Waals surface area contributed by atoms with E-state index in [0.29, 0.717) is 6.04 Å². The number of carboxylic acids is 1. The van der Waals surface area contributed by atoms with Crippen LogP contribution < -0.4 is 5.32 Å². The Morgan fingerprint density at radius 2 is 1.88 bits per heavy atom. The van der Waals surface area contributed by atoms with Crippen molar-refractivity contribution in [3.8, 4) is 0 Å². The second-order valence-corrected chi connectivity index (χ2v) is 5.43. The molecule has 0 aromatic heterocycles. The molecule has 0 spiro atoms. The first-order valence-electron chi connectivity index (χ1n) is 6.69. The fourth-order valence-electron chi connectivity index (χ4n) is 3.34. The molecule has 1 saturated carbocycles. The van der Waals surface area contributed by atoms with Gasteiger partial charge >= 0.3 is 5.97 Å². The number of aliphatic carboxylic acids is 1. The van der Waals surface area contributed by atoms with Crippen LogP contribution in [0.15, 0.2) is 0 Å². The van der Waals surface area contributed by atoms with Crippen LogP contribution in [0.1, 0.15) is 51.9 Å². The average Bonchev–Trinajstić information content (AvgIpc) is 2.78. The largest absolute Gasteiger partial charge is 0.480 e. The molecule has 16 heavy (non-hydrogen) atoms. The van der Waals surface area contributed by atoms with Crippen LogP contribution in [-0.2, 0) is 4.79 Å². The summed E-state index contributed by atoms with van der Waals surface area (Å²) in [7, 11) is 0. The predicted octanol–water partition coefficient (Wildman–Crippen LogP) is 2.41. The van der Waals surface area contributed by atoms with Gasteiger partial charge in [0.25, 0.3) is 0 Å². The summed E-state index contributed by atoms with van der Waals surface area (Å²) >= 11 is 0. The van der Waals surface area contributed by atoms with Crippen molar-refractivity contribution in [2.75, 3.05) is 0 Å². The van der Waals surface area contributed by atoms with E-state index in [4.69, 9.17) is 5.11 Å². The summed E-state index contributed by atoms with van der Waals surface area (Å²) < 4.78 is 0. The maximum absolute atomic E-state index is 10.9. The highest BCUT2D eigenvalue weighted by Gasteiger charge is 2.34. The summed E-state index contributed by atoms with van der Waals surface area (Å²) in [6, 6.07) is 0.188. The lowest BCUT2D eigenvalue weighted by molar-refractivity contribution is -0.139. The first kappa shape index (κ1) is 11.9.